The number of nitrogens with zero attached hydrogens (tertiary/aromatic N) is 3. The number of aromatic nitrogens is 3. The molecule has 6 nitrogen and oxygen atoms in total. The van der Waals surface area contributed by atoms with Crippen LogP contribution < -0.4 is 11.2 Å². The molecule has 140 valence electrons. The van der Waals surface area contributed by atoms with Crippen LogP contribution >= 0.6 is 23.4 Å². The number of aryl methyl sites for hydroxylation is 1. The van der Waals surface area contributed by atoms with Gasteiger partial charge in [0, 0.05) is 16.3 Å². The summed E-state index contributed by atoms with van der Waals surface area (Å²) < 4.78 is 1.37. The number of nitrogens with two attached hydrogens (primary N) is 1. The highest BCUT2D eigenvalue weighted by atomic mass is 35.5. The molecule has 0 saturated carbocycles. The van der Waals surface area contributed by atoms with E-state index in [1.54, 1.807) is 19.1 Å². The molecular weight excluding hydrogens is 382 g/mol. The van der Waals surface area contributed by atoms with Crippen LogP contribution in [0.4, 0.5) is 5.69 Å². The number of nitrogens with one attached hydrogen (secondary N) is 1. The first kappa shape index (κ1) is 19.3. The van der Waals surface area contributed by atoms with Gasteiger partial charge in [0.25, 0.3) is 0 Å². The summed E-state index contributed by atoms with van der Waals surface area (Å²) in [6, 6.07) is 15.0. The van der Waals surface area contributed by atoms with E-state index in [4.69, 9.17) is 17.4 Å². The van der Waals surface area contributed by atoms with Gasteiger partial charge in [0.2, 0.25) is 11.1 Å². The third-order valence-corrected chi connectivity index (χ3v) is 5.32. The monoisotopic (exact) mass is 401 g/mol. The molecular formula is C19H20ClN5OS. The molecule has 3 aromatic rings. The predicted octanol–water partition coefficient (Wildman–Crippen LogP) is 3.99. The third kappa shape index (κ3) is 4.61. The molecule has 8 heteroatoms. The highest BCUT2D eigenvalue weighted by Crippen LogP contribution is 2.26. The number of halogens is 1. The molecule has 0 fully saturated rings. The molecule has 0 aliphatic rings. The Balaban J connectivity index is 1.68. The molecule has 3 N–H and O–H groups in total. The number of hydrogen-bond donors (Lipinski definition) is 2. The number of hydrogen-bond acceptors (Lipinski definition) is 5. The number of nitrogen functional groups attached to an aromatic ring is 1. The smallest absolute Gasteiger partial charge is 0.237 e. The first-order chi connectivity index (χ1) is 13.0. The molecule has 0 aliphatic heterocycles. The second-order valence-corrected chi connectivity index (χ2v) is 7.73. The summed E-state index contributed by atoms with van der Waals surface area (Å²) >= 11 is 7.26. The fourth-order valence-electron chi connectivity index (χ4n) is 2.46. The average molecular weight is 402 g/mol. The Morgan fingerprint density at radius 1 is 1.26 bits per heavy atom. The fraction of sp³-hybridized carbons (Fsp3) is 0.211. The Kier molecular flexibility index (Phi) is 6.03. The van der Waals surface area contributed by atoms with E-state index in [0.29, 0.717) is 16.0 Å². The van der Waals surface area contributed by atoms with E-state index in [1.807, 2.05) is 36.4 Å². The van der Waals surface area contributed by atoms with Crippen LogP contribution in [-0.2, 0) is 11.2 Å². The lowest BCUT2D eigenvalue weighted by Gasteiger charge is -2.12. The summed E-state index contributed by atoms with van der Waals surface area (Å²) in [6.07, 6.45) is 0.960. The van der Waals surface area contributed by atoms with Crippen molar-refractivity contribution in [3.8, 4) is 11.4 Å². The predicted molar refractivity (Wildman–Crippen MR) is 110 cm³/mol. The van der Waals surface area contributed by atoms with Gasteiger partial charge < -0.3 is 11.2 Å². The van der Waals surface area contributed by atoms with Gasteiger partial charge in [-0.05, 0) is 43.2 Å². The van der Waals surface area contributed by atoms with E-state index in [1.165, 1.54) is 22.0 Å². The molecule has 0 spiro atoms. The molecule has 3 rings (SSSR count). The highest BCUT2D eigenvalue weighted by Gasteiger charge is 2.20. The standard InChI is InChI=1S/C19H20ClN5OS/c1-3-13-7-9-16(10-8-13)22-18(26)12(2)27-19-24-23-17(25(19)21)14-5-4-6-15(20)11-14/h4-12H,3,21H2,1-2H3,(H,22,26)/t12-/m0/s1. The fourth-order valence-corrected chi connectivity index (χ4v) is 3.42. The molecule has 0 unspecified atom stereocenters. The summed E-state index contributed by atoms with van der Waals surface area (Å²) in [4.78, 5) is 12.5. The summed E-state index contributed by atoms with van der Waals surface area (Å²) in [5, 5.41) is 11.8. The Bertz CT molecular complexity index is 942. The van der Waals surface area contributed by atoms with Gasteiger partial charge >= 0.3 is 0 Å². The second kappa shape index (κ2) is 8.45. The number of carbonyl (C=O) groups is 1. The lowest BCUT2D eigenvalue weighted by Crippen LogP contribution is -2.23. The van der Waals surface area contributed by atoms with Crippen molar-refractivity contribution in [2.45, 2.75) is 30.7 Å². The number of carbonyl (C=O) groups excluding carboxylic acids is 1. The lowest BCUT2D eigenvalue weighted by molar-refractivity contribution is -0.115. The van der Waals surface area contributed by atoms with E-state index in [-0.39, 0.29) is 5.91 Å². The van der Waals surface area contributed by atoms with Crippen LogP contribution in [-0.4, -0.2) is 26.0 Å². The zero-order valence-corrected chi connectivity index (χ0v) is 16.6. The van der Waals surface area contributed by atoms with Crippen molar-refractivity contribution >= 4 is 35.0 Å². The largest absolute Gasteiger partial charge is 0.335 e. The number of benzene rings is 2. The molecule has 1 heterocycles. The van der Waals surface area contributed by atoms with Crippen molar-refractivity contribution < 1.29 is 4.79 Å². The maximum atomic E-state index is 12.5. The van der Waals surface area contributed by atoms with Gasteiger partial charge in [-0.3, -0.25) is 4.79 Å². The van der Waals surface area contributed by atoms with E-state index >= 15 is 0 Å². The number of amides is 1. The van der Waals surface area contributed by atoms with Gasteiger partial charge in [0.05, 0.1) is 5.25 Å². The number of thioether (sulfide) groups is 1. The Morgan fingerprint density at radius 3 is 2.67 bits per heavy atom. The van der Waals surface area contributed by atoms with Crippen LogP contribution in [0.1, 0.15) is 19.4 Å². The van der Waals surface area contributed by atoms with Gasteiger partial charge in [0.15, 0.2) is 5.82 Å². The molecule has 0 saturated heterocycles. The Hall–Kier alpha value is -2.51. The van der Waals surface area contributed by atoms with Crippen molar-refractivity contribution in [1.82, 2.24) is 14.9 Å². The molecule has 1 atom stereocenters. The van der Waals surface area contributed by atoms with Gasteiger partial charge in [0.1, 0.15) is 0 Å². The van der Waals surface area contributed by atoms with Gasteiger partial charge in [-0.25, -0.2) is 4.68 Å². The maximum Gasteiger partial charge on any atom is 0.237 e. The average Bonchev–Trinajstić information content (AvgIpc) is 3.02. The summed E-state index contributed by atoms with van der Waals surface area (Å²) in [6.45, 7) is 3.89. The minimum Gasteiger partial charge on any atom is -0.335 e. The van der Waals surface area contributed by atoms with Crippen molar-refractivity contribution in [2.75, 3.05) is 11.2 Å². The lowest BCUT2D eigenvalue weighted by atomic mass is 10.1. The van der Waals surface area contributed by atoms with Crippen LogP contribution in [0.15, 0.2) is 53.7 Å². The Morgan fingerprint density at radius 2 is 2.00 bits per heavy atom. The first-order valence-electron chi connectivity index (χ1n) is 8.50. The molecule has 1 amide bonds. The molecule has 1 aromatic heterocycles. The van der Waals surface area contributed by atoms with E-state index in [2.05, 4.69) is 22.4 Å². The van der Waals surface area contributed by atoms with Crippen molar-refractivity contribution in [3.63, 3.8) is 0 Å². The summed E-state index contributed by atoms with van der Waals surface area (Å²) in [5.41, 5.74) is 2.75. The molecule has 2 aromatic carbocycles. The maximum absolute atomic E-state index is 12.5. The SMILES string of the molecule is CCc1ccc(NC(=O)[C@H](C)Sc2nnc(-c3cccc(Cl)c3)n2N)cc1. The van der Waals surface area contributed by atoms with Crippen molar-refractivity contribution in [2.24, 2.45) is 0 Å². The number of rotatable bonds is 6. The zero-order valence-electron chi connectivity index (χ0n) is 15.0. The first-order valence-corrected chi connectivity index (χ1v) is 9.76. The molecule has 0 radical (unpaired) electrons. The van der Waals surface area contributed by atoms with Crippen molar-refractivity contribution in [3.05, 3.63) is 59.1 Å². The summed E-state index contributed by atoms with van der Waals surface area (Å²) in [5.74, 6) is 6.47. The summed E-state index contributed by atoms with van der Waals surface area (Å²) in [7, 11) is 0. The van der Waals surface area contributed by atoms with E-state index in [9.17, 15) is 4.79 Å². The van der Waals surface area contributed by atoms with Gasteiger partial charge in [-0.2, -0.15) is 0 Å². The minimum absolute atomic E-state index is 0.128. The van der Waals surface area contributed by atoms with Crippen LogP contribution in [0.2, 0.25) is 5.02 Å². The molecule has 0 bridgehead atoms. The molecule has 0 aliphatic carbocycles. The molecule has 27 heavy (non-hydrogen) atoms. The number of anilines is 1. The Labute approximate surface area is 167 Å². The highest BCUT2D eigenvalue weighted by molar-refractivity contribution is 8.00. The topological polar surface area (TPSA) is 85.8 Å². The van der Waals surface area contributed by atoms with Crippen LogP contribution in [0.3, 0.4) is 0 Å². The zero-order chi connectivity index (χ0) is 19.4. The minimum atomic E-state index is -0.394. The van der Waals surface area contributed by atoms with Crippen LogP contribution in [0.25, 0.3) is 11.4 Å². The quantitative estimate of drug-likeness (QED) is 0.481. The van der Waals surface area contributed by atoms with E-state index < -0.39 is 5.25 Å². The van der Waals surface area contributed by atoms with Crippen LogP contribution in [0.5, 0.6) is 0 Å². The van der Waals surface area contributed by atoms with E-state index in [0.717, 1.165) is 17.7 Å². The normalized spacial score (nSPS) is 12.0. The van der Waals surface area contributed by atoms with Gasteiger partial charge in [-0.1, -0.05) is 54.6 Å². The van der Waals surface area contributed by atoms with Crippen LogP contribution in [0, 0.1) is 0 Å². The second-order valence-electron chi connectivity index (χ2n) is 5.99. The van der Waals surface area contributed by atoms with Crippen molar-refractivity contribution in [1.29, 1.82) is 0 Å². The third-order valence-electron chi connectivity index (χ3n) is 4.03. The van der Waals surface area contributed by atoms with Gasteiger partial charge in [-0.15, -0.1) is 10.2 Å².